The van der Waals surface area contributed by atoms with E-state index in [0.29, 0.717) is 0 Å². The predicted octanol–water partition coefficient (Wildman–Crippen LogP) is 2.85. The molecule has 0 radical (unpaired) electrons. The van der Waals surface area contributed by atoms with Crippen LogP contribution in [0.5, 0.6) is 0 Å². The Kier molecular flexibility index (Phi) is 11.0. The van der Waals surface area contributed by atoms with Crippen molar-refractivity contribution >= 4 is 17.8 Å². The Bertz CT molecular complexity index is 822. The lowest BCUT2D eigenvalue weighted by atomic mass is 9.95. The highest BCUT2D eigenvalue weighted by Gasteiger charge is 2.24. The molecule has 0 bridgehead atoms. The third-order valence-corrected chi connectivity index (χ3v) is 5.48. The lowest BCUT2D eigenvalue weighted by molar-refractivity contribution is -0.159. The van der Waals surface area contributed by atoms with E-state index in [1.807, 2.05) is 18.2 Å². The molecule has 172 valence electrons. The van der Waals surface area contributed by atoms with E-state index in [4.69, 9.17) is 19.8 Å². The molecule has 0 aliphatic carbocycles. The Morgan fingerprint density at radius 2 is 1.31 bits per heavy atom. The van der Waals surface area contributed by atoms with Crippen molar-refractivity contribution in [3.8, 4) is 0 Å². The Hall–Kier alpha value is -3.19. The molecule has 1 fully saturated rings. The van der Waals surface area contributed by atoms with Crippen LogP contribution in [0, 0.1) is 5.92 Å². The van der Waals surface area contributed by atoms with Crippen LogP contribution in [-0.4, -0.2) is 59.1 Å². The summed E-state index contributed by atoms with van der Waals surface area (Å²) >= 11 is 0. The summed E-state index contributed by atoms with van der Waals surface area (Å²) in [6.07, 6.45) is 5.22. The van der Waals surface area contributed by atoms with Crippen molar-refractivity contribution in [2.75, 3.05) is 26.2 Å². The van der Waals surface area contributed by atoms with Gasteiger partial charge in [-0.05, 0) is 62.9 Å². The van der Waals surface area contributed by atoms with Gasteiger partial charge in [-0.25, -0.2) is 9.59 Å². The summed E-state index contributed by atoms with van der Waals surface area (Å²) in [6.45, 7) is 3.97. The number of aliphatic carboxylic acids is 2. The minimum Gasteiger partial charge on any atom is -0.473 e. The molecule has 7 nitrogen and oxygen atoms in total. The monoisotopic (exact) mass is 440 g/mol. The van der Waals surface area contributed by atoms with E-state index in [1.165, 1.54) is 17.5 Å². The second-order valence-corrected chi connectivity index (χ2v) is 7.84. The first-order valence-corrected chi connectivity index (χ1v) is 11.0. The summed E-state index contributed by atoms with van der Waals surface area (Å²) in [5.41, 5.74) is 2.70. The fraction of sp³-hybridized carbons (Fsp3) is 0.400. The zero-order valence-corrected chi connectivity index (χ0v) is 18.3. The normalized spacial score (nSPS) is 14.1. The second-order valence-electron chi connectivity index (χ2n) is 7.84. The number of carbonyl (C=O) groups is 3. The van der Waals surface area contributed by atoms with Gasteiger partial charge in [0.05, 0.1) is 0 Å². The van der Waals surface area contributed by atoms with Crippen molar-refractivity contribution in [2.24, 2.45) is 5.92 Å². The van der Waals surface area contributed by atoms with E-state index in [9.17, 15) is 4.79 Å². The van der Waals surface area contributed by atoms with Gasteiger partial charge in [0, 0.05) is 12.5 Å². The zero-order chi connectivity index (χ0) is 23.2. The molecule has 2 aromatic rings. The minimum atomic E-state index is -1.82. The summed E-state index contributed by atoms with van der Waals surface area (Å²) in [6, 6.07) is 21.0. The highest BCUT2D eigenvalue weighted by atomic mass is 16.4. The molecule has 2 aromatic carbocycles. The molecule has 0 aromatic heterocycles. The number of hydrogen-bond donors (Lipinski definition) is 3. The van der Waals surface area contributed by atoms with Crippen LogP contribution in [0.1, 0.15) is 30.4 Å². The quantitative estimate of drug-likeness (QED) is 0.545. The first-order chi connectivity index (χ1) is 15.5. The van der Waals surface area contributed by atoms with Gasteiger partial charge in [-0.2, -0.15) is 0 Å². The minimum absolute atomic E-state index is 0.191. The molecule has 0 atom stereocenters. The van der Waals surface area contributed by atoms with Crippen LogP contribution in [0.15, 0.2) is 60.7 Å². The molecule has 0 spiro atoms. The van der Waals surface area contributed by atoms with E-state index in [2.05, 4.69) is 52.7 Å². The van der Waals surface area contributed by atoms with Gasteiger partial charge < -0.3 is 20.4 Å². The molecule has 3 N–H and O–H groups in total. The molecule has 1 aliphatic heterocycles. The number of carboxylic acid groups (broad SMARTS) is 2. The first kappa shape index (κ1) is 25.1. The van der Waals surface area contributed by atoms with Crippen molar-refractivity contribution in [3.63, 3.8) is 0 Å². The average molecular weight is 441 g/mol. The Morgan fingerprint density at radius 3 is 1.81 bits per heavy atom. The van der Waals surface area contributed by atoms with Crippen LogP contribution < -0.4 is 5.32 Å². The fourth-order valence-corrected chi connectivity index (χ4v) is 3.69. The SMILES string of the molecule is O=C(NCCc1ccccc1)C1CCN(CCCc2ccccc2)CC1.O=C(O)C(=O)O. The number of rotatable bonds is 8. The van der Waals surface area contributed by atoms with Crippen molar-refractivity contribution < 1.29 is 24.6 Å². The first-order valence-electron chi connectivity index (χ1n) is 11.0. The lowest BCUT2D eigenvalue weighted by Crippen LogP contribution is -2.41. The summed E-state index contributed by atoms with van der Waals surface area (Å²) in [4.78, 5) is 33.1. The molecular weight excluding hydrogens is 408 g/mol. The predicted molar refractivity (Wildman–Crippen MR) is 122 cm³/mol. The topological polar surface area (TPSA) is 107 Å². The number of aryl methyl sites for hydroxylation is 1. The number of amides is 1. The standard InChI is InChI=1S/C23H30N2O.C2H2O4/c26-23(24-16-13-21-10-5-2-6-11-21)22-14-18-25(19-15-22)17-7-12-20-8-3-1-4-9-20;3-1(4)2(5)6/h1-6,8-11,22H,7,12-19H2,(H,24,26);(H,3,4)(H,5,6). The van der Waals surface area contributed by atoms with Gasteiger partial charge in [0.1, 0.15) is 0 Å². The number of carboxylic acids is 2. The molecule has 0 saturated carbocycles. The molecule has 1 amide bonds. The maximum Gasteiger partial charge on any atom is 0.414 e. The molecule has 1 heterocycles. The molecule has 32 heavy (non-hydrogen) atoms. The van der Waals surface area contributed by atoms with Gasteiger partial charge in [-0.1, -0.05) is 60.7 Å². The van der Waals surface area contributed by atoms with Gasteiger partial charge in [0.2, 0.25) is 5.91 Å². The highest BCUT2D eigenvalue weighted by molar-refractivity contribution is 6.27. The number of nitrogens with zero attached hydrogens (tertiary/aromatic N) is 1. The van der Waals surface area contributed by atoms with Crippen LogP contribution in [0.25, 0.3) is 0 Å². The smallest absolute Gasteiger partial charge is 0.414 e. The van der Waals surface area contributed by atoms with E-state index >= 15 is 0 Å². The van der Waals surface area contributed by atoms with Gasteiger partial charge in [-0.15, -0.1) is 0 Å². The average Bonchev–Trinajstić information content (AvgIpc) is 2.81. The van der Waals surface area contributed by atoms with Crippen LogP contribution in [0.2, 0.25) is 0 Å². The summed E-state index contributed by atoms with van der Waals surface area (Å²) < 4.78 is 0. The van der Waals surface area contributed by atoms with E-state index in [-0.39, 0.29) is 11.8 Å². The number of piperidine rings is 1. The summed E-state index contributed by atoms with van der Waals surface area (Å²) in [5.74, 6) is -3.22. The number of nitrogens with one attached hydrogen (secondary N) is 1. The highest BCUT2D eigenvalue weighted by Crippen LogP contribution is 2.18. The maximum atomic E-state index is 12.4. The van der Waals surface area contributed by atoms with E-state index in [1.54, 1.807) is 0 Å². The molecule has 1 aliphatic rings. The largest absolute Gasteiger partial charge is 0.473 e. The van der Waals surface area contributed by atoms with Crippen LogP contribution in [-0.2, 0) is 27.2 Å². The van der Waals surface area contributed by atoms with Crippen LogP contribution in [0.4, 0.5) is 0 Å². The maximum absolute atomic E-state index is 12.4. The number of carbonyl (C=O) groups excluding carboxylic acids is 1. The van der Waals surface area contributed by atoms with E-state index in [0.717, 1.165) is 51.9 Å². The number of likely N-dealkylation sites (tertiary alicyclic amines) is 1. The Morgan fingerprint density at radius 1 is 0.812 bits per heavy atom. The third-order valence-electron chi connectivity index (χ3n) is 5.48. The van der Waals surface area contributed by atoms with Crippen molar-refractivity contribution in [1.29, 1.82) is 0 Å². The van der Waals surface area contributed by atoms with E-state index < -0.39 is 11.9 Å². The van der Waals surface area contributed by atoms with Crippen LogP contribution >= 0.6 is 0 Å². The molecule has 0 unspecified atom stereocenters. The number of benzene rings is 2. The molecule has 1 saturated heterocycles. The Labute approximate surface area is 189 Å². The molecular formula is C25H32N2O5. The Balaban J connectivity index is 0.000000534. The number of hydrogen-bond acceptors (Lipinski definition) is 4. The summed E-state index contributed by atoms with van der Waals surface area (Å²) in [7, 11) is 0. The van der Waals surface area contributed by atoms with Gasteiger partial charge in [0.25, 0.3) is 0 Å². The van der Waals surface area contributed by atoms with Crippen molar-refractivity contribution in [1.82, 2.24) is 10.2 Å². The summed E-state index contributed by atoms with van der Waals surface area (Å²) in [5, 5.41) is 17.9. The molecule has 3 rings (SSSR count). The van der Waals surface area contributed by atoms with Gasteiger partial charge in [-0.3, -0.25) is 4.79 Å². The van der Waals surface area contributed by atoms with Crippen molar-refractivity contribution in [3.05, 3.63) is 71.8 Å². The second kappa shape index (κ2) is 14.0. The zero-order valence-electron chi connectivity index (χ0n) is 18.3. The molecule has 7 heteroatoms. The lowest BCUT2D eigenvalue weighted by Gasteiger charge is -2.31. The van der Waals surface area contributed by atoms with Crippen molar-refractivity contribution in [2.45, 2.75) is 32.1 Å². The van der Waals surface area contributed by atoms with Gasteiger partial charge in [0.15, 0.2) is 0 Å². The fourth-order valence-electron chi connectivity index (χ4n) is 3.69. The van der Waals surface area contributed by atoms with Crippen LogP contribution in [0.3, 0.4) is 0 Å². The van der Waals surface area contributed by atoms with Gasteiger partial charge >= 0.3 is 11.9 Å². The third kappa shape index (κ3) is 9.75.